The van der Waals surface area contributed by atoms with Gasteiger partial charge in [0.25, 0.3) is 0 Å². The first-order chi connectivity index (χ1) is 16.8. The largest absolute Gasteiger partial charge is 0.352 e. The Morgan fingerprint density at radius 3 is 2.23 bits per heavy atom. The van der Waals surface area contributed by atoms with Crippen LogP contribution in [0, 0.1) is 0 Å². The molecule has 2 amide bonds. The van der Waals surface area contributed by atoms with Crippen molar-refractivity contribution in [3.05, 3.63) is 69.2 Å². The molecule has 0 radical (unpaired) electrons. The summed E-state index contributed by atoms with van der Waals surface area (Å²) < 4.78 is 0. The molecule has 0 saturated heterocycles. The van der Waals surface area contributed by atoms with Gasteiger partial charge in [0.15, 0.2) is 0 Å². The molecule has 0 bridgehead atoms. The Kier molecular flexibility index (Phi) is 10.5. The summed E-state index contributed by atoms with van der Waals surface area (Å²) in [6.07, 6.45) is 7.06. The second kappa shape index (κ2) is 13.3. The molecule has 0 aromatic heterocycles. The van der Waals surface area contributed by atoms with Crippen LogP contribution in [0.2, 0.25) is 10.0 Å². The Morgan fingerprint density at radius 1 is 0.971 bits per heavy atom. The van der Waals surface area contributed by atoms with Crippen molar-refractivity contribution in [1.82, 2.24) is 10.2 Å². The zero-order valence-corrected chi connectivity index (χ0v) is 22.7. The van der Waals surface area contributed by atoms with E-state index in [9.17, 15) is 9.59 Å². The van der Waals surface area contributed by atoms with Crippen LogP contribution in [0.4, 0.5) is 0 Å². The van der Waals surface area contributed by atoms with Gasteiger partial charge in [-0.2, -0.15) is 0 Å². The number of carbonyl (C=O) groups is 2. The van der Waals surface area contributed by atoms with Gasteiger partial charge in [-0.25, -0.2) is 0 Å². The zero-order valence-electron chi connectivity index (χ0n) is 21.2. The number of rotatable bonds is 10. The van der Waals surface area contributed by atoms with Gasteiger partial charge in [-0.05, 0) is 60.4 Å². The quantitative estimate of drug-likeness (QED) is 0.359. The first-order valence-corrected chi connectivity index (χ1v) is 13.7. The molecular weight excluding hydrogens is 479 g/mol. The SMILES string of the molecule is CC[C@@H](C(=O)NC1CCCCC1)N(Cc1ccc(Cl)c(Cl)c1)C(=O)CCc1ccc(C(C)C)cc1. The third kappa shape index (κ3) is 7.98. The molecule has 3 rings (SSSR count). The number of aryl methyl sites for hydroxylation is 1. The molecule has 6 heteroatoms. The predicted molar refractivity (Wildman–Crippen MR) is 145 cm³/mol. The molecule has 0 spiro atoms. The molecule has 190 valence electrons. The molecule has 4 nitrogen and oxygen atoms in total. The standard InChI is InChI=1S/C29H38Cl2N2O2/c1-4-27(29(35)32-24-8-6-5-7-9-24)33(19-22-12-16-25(30)26(31)18-22)28(34)17-13-21-10-14-23(15-11-21)20(2)3/h10-12,14-16,18,20,24,27H,4-9,13,17,19H2,1-3H3,(H,32,35)/t27-/m0/s1. The highest BCUT2D eigenvalue weighted by atomic mass is 35.5. The lowest BCUT2D eigenvalue weighted by Gasteiger charge is -2.33. The van der Waals surface area contributed by atoms with Crippen LogP contribution in [0.5, 0.6) is 0 Å². The van der Waals surface area contributed by atoms with E-state index in [0.29, 0.717) is 41.8 Å². The van der Waals surface area contributed by atoms with Crippen LogP contribution >= 0.6 is 23.2 Å². The minimum absolute atomic E-state index is 0.0327. The molecule has 2 aromatic carbocycles. The maximum atomic E-state index is 13.5. The summed E-state index contributed by atoms with van der Waals surface area (Å²) in [5.74, 6) is 0.379. The zero-order chi connectivity index (χ0) is 25.4. The molecule has 0 unspecified atom stereocenters. The molecule has 1 aliphatic carbocycles. The number of carbonyl (C=O) groups excluding carboxylic acids is 2. The minimum Gasteiger partial charge on any atom is -0.352 e. The third-order valence-corrected chi connectivity index (χ3v) is 7.69. The maximum absolute atomic E-state index is 13.5. The van der Waals surface area contributed by atoms with E-state index in [1.165, 1.54) is 12.0 Å². The first kappa shape index (κ1) is 27.5. The smallest absolute Gasteiger partial charge is 0.243 e. The molecule has 0 aliphatic heterocycles. The van der Waals surface area contributed by atoms with Crippen molar-refractivity contribution in [3.8, 4) is 0 Å². The molecule has 35 heavy (non-hydrogen) atoms. The minimum atomic E-state index is -0.526. The maximum Gasteiger partial charge on any atom is 0.243 e. The Labute approximate surface area is 220 Å². The second-order valence-electron chi connectivity index (χ2n) is 9.93. The van der Waals surface area contributed by atoms with Crippen LogP contribution in [-0.2, 0) is 22.6 Å². The van der Waals surface area contributed by atoms with Gasteiger partial charge in [-0.1, -0.05) is 93.6 Å². The number of benzene rings is 2. The summed E-state index contributed by atoms with van der Waals surface area (Å²) in [7, 11) is 0. The van der Waals surface area contributed by atoms with Crippen molar-refractivity contribution in [2.45, 2.75) is 96.7 Å². The number of hydrogen-bond donors (Lipinski definition) is 1. The fourth-order valence-electron chi connectivity index (χ4n) is 4.76. The third-order valence-electron chi connectivity index (χ3n) is 6.95. The van der Waals surface area contributed by atoms with Crippen LogP contribution in [0.15, 0.2) is 42.5 Å². The van der Waals surface area contributed by atoms with Gasteiger partial charge in [0.2, 0.25) is 11.8 Å². The van der Waals surface area contributed by atoms with Crippen molar-refractivity contribution in [1.29, 1.82) is 0 Å². The molecule has 1 atom stereocenters. The predicted octanol–water partition coefficient (Wildman–Crippen LogP) is 7.31. The van der Waals surface area contributed by atoms with Gasteiger partial charge < -0.3 is 10.2 Å². The van der Waals surface area contributed by atoms with Crippen LogP contribution in [-0.4, -0.2) is 28.8 Å². The Bertz CT molecular complexity index is 985. The summed E-state index contributed by atoms with van der Waals surface area (Å²) in [6, 6.07) is 13.5. The van der Waals surface area contributed by atoms with Crippen molar-refractivity contribution in [2.24, 2.45) is 0 Å². The number of nitrogens with one attached hydrogen (secondary N) is 1. The van der Waals surface area contributed by atoms with E-state index in [1.807, 2.05) is 13.0 Å². The lowest BCUT2D eigenvalue weighted by Crippen LogP contribution is -2.51. The molecule has 1 saturated carbocycles. The van der Waals surface area contributed by atoms with Crippen molar-refractivity contribution in [2.75, 3.05) is 0 Å². The molecule has 0 heterocycles. The Hall–Kier alpha value is -2.04. The molecule has 1 fully saturated rings. The highest BCUT2D eigenvalue weighted by Gasteiger charge is 2.30. The fraction of sp³-hybridized carbons (Fsp3) is 0.517. The highest BCUT2D eigenvalue weighted by Crippen LogP contribution is 2.25. The van der Waals surface area contributed by atoms with Gasteiger partial charge in [-0.15, -0.1) is 0 Å². The molecule has 1 aliphatic rings. The van der Waals surface area contributed by atoms with Gasteiger partial charge in [0.1, 0.15) is 6.04 Å². The van der Waals surface area contributed by atoms with Crippen molar-refractivity contribution < 1.29 is 9.59 Å². The Morgan fingerprint density at radius 2 is 1.63 bits per heavy atom. The van der Waals surface area contributed by atoms with Crippen LogP contribution in [0.1, 0.15) is 88.3 Å². The van der Waals surface area contributed by atoms with E-state index in [2.05, 4.69) is 43.4 Å². The number of amides is 2. The van der Waals surface area contributed by atoms with E-state index in [1.54, 1.807) is 17.0 Å². The fourth-order valence-corrected chi connectivity index (χ4v) is 5.08. The van der Waals surface area contributed by atoms with Crippen LogP contribution in [0.3, 0.4) is 0 Å². The number of halogens is 2. The van der Waals surface area contributed by atoms with E-state index < -0.39 is 6.04 Å². The normalized spacial score (nSPS) is 15.1. The van der Waals surface area contributed by atoms with Crippen LogP contribution < -0.4 is 5.32 Å². The van der Waals surface area contributed by atoms with Gasteiger partial charge in [0, 0.05) is 19.0 Å². The average molecular weight is 518 g/mol. The van der Waals surface area contributed by atoms with Gasteiger partial charge >= 0.3 is 0 Å². The van der Waals surface area contributed by atoms with Crippen molar-refractivity contribution >= 4 is 35.0 Å². The van der Waals surface area contributed by atoms with E-state index in [-0.39, 0.29) is 17.9 Å². The lowest BCUT2D eigenvalue weighted by molar-refractivity contribution is -0.141. The van der Waals surface area contributed by atoms with Crippen LogP contribution in [0.25, 0.3) is 0 Å². The monoisotopic (exact) mass is 516 g/mol. The Balaban J connectivity index is 1.76. The summed E-state index contributed by atoms with van der Waals surface area (Å²) in [5, 5.41) is 4.14. The highest BCUT2D eigenvalue weighted by molar-refractivity contribution is 6.42. The summed E-state index contributed by atoms with van der Waals surface area (Å²) in [4.78, 5) is 28.6. The number of nitrogens with zero attached hydrogens (tertiary/aromatic N) is 1. The van der Waals surface area contributed by atoms with E-state index in [0.717, 1.165) is 36.8 Å². The summed E-state index contributed by atoms with van der Waals surface area (Å²) >= 11 is 12.3. The topological polar surface area (TPSA) is 49.4 Å². The van der Waals surface area contributed by atoms with Crippen molar-refractivity contribution in [3.63, 3.8) is 0 Å². The molecule has 1 N–H and O–H groups in total. The average Bonchev–Trinajstić information content (AvgIpc) is 2.85. The van der Waals surface area contributed by atoms with E-state index in [4.69, 9.17) is 23.2 Å². The summed E-state index contributed by atoms with van der Waals surface area (Å²) in [6.45, 7) is 6.62. The van der Waals surface area contributed by atoms with Gasteiger partial charge in [0.05, 0.1) is 10.0 Å². The summed E-state index contributed by atoms with van der Waals surface area (Å²) in [5.41, 5.74) is 3.27. The lowest BCUT2D eigenvalue weighted by atomic mass is 9.95. The molecule has 2 aromatic rings. The molecular formula is C29H38Cl2N2O2. The number of hydrogen-bond acceptors (Lipinski definition) is 2. The van der Waals surface area contributed by atoms with Gasteiger partial charge in [-0.3, -0.25) is 9.59 Å². The second-order valence-corrected chi connectivity index (χ2v) is 10.7. The van der Waals surface area contributed by atoms with E-state index >= 15 is 0 Å². The first-order valence-electron chi connectivity index (χ1n) is 12.9.